The van der Waals surface area contributed by atoms with Gasteiger partial charge < -0.3 is 9.30 Å². The molecule has 2 aromatic heterocycles. The second-order valence-corrected chi connectivity index (χ2v) is 4.44. The molecule has 3 rings (SSSR count). The van der Waals surface area contributed by atoms with Gasteiger partial charge in [0, 0.05) is 23.8 Å². The Labute approximate surface area is 99.2 Å². The number of nitrogens with zero attached hydrogens (tertiary/aromatic N) is 2. The van der Waals surface area contributed by atoms with Crippen LogP contribution in [0.5, 0.6) is 0 Å². The monoisotopic (exact) mass is 230 g/mol. The summed E-state index contributed by atoms with van der Waals surface area (Å²) in [6.07, 6.45) is 7.39. The fourth-order valence-corrected chi connectivity index (χ4v) is 2.23. The lowest BCUT2D eigenvalue weighted by molar-refractivity contribution is 0.0600. The molecule has 0 aromatic carbocycles. The van der Waals surface area contributed by atoms with Gasteiger partial charge in [-0.05, 0) is 31.4 Å². The Morgan fingerprint density at radius 1 is 1.53 bits per heavy atom. The zero-order chi connectivity index (χ0) is 11.8. The molecule has 17 heavy (non-hydrogen) atoms. The van der Waals surface area contributed by atoms with Crippen molar-refractivity contribution in [2.45, 2.75) is 25.3 Å². The molecule has 4 nitrogen and oxygen atoms in total. The van der Waals surface area contributed by atoms with Crippen LogP contribution in [-0.4, -0.2) is 22.6 Å². The molecular formula is C13H14N2O2. The molecule has 0 aliphatic heterocycles. The predicted molar refractivity (Wildman–Crippen MR) is 64.0 cm³/mol. The number of hydrogen-bond acceptors (Lipinski definition) is 3. The van der Waals surface area contributed by atoms with Crippen LogP contribution < -0.4 is 0 Å². The van der Waals surface area contributed by atoms with E-state index in [1.165, 1.54) is 26.4 Å². The van der Waals surface area contributed by atoms with Crippen molar-refractivity contribution in [3.05, 3.63) is 30.1 Å². The van der Waals surface area contributed by atoms with Gasteiger partial charge >= 0.3 is 5.97 Å². The van der Waals surface area contributed by atoms with Crippen molar-refractivity contribution in [2.75, 3.05) is 7.11 Å². The molecule has 1 aliphatic rings. The van der Waals surface area contributed by atoms with E-state index in [1.807, 2.05) is 12.1 Å². The Bertz CT molecular complexity index is 570. The maximum Gasteiger partial charge on any atom is 0.339 e. The van der Waals surface area contributed by atoms with Crippen molar-refractivity contribution in [3.8, 4) is 0 Å². The Balaban J connectivity index is 2.04. The van der Waals surface area contributed by atoms with E-state index in [2.05, 4.69) is 20.5 Å². The molecule has 0 atom stereocenters. The van der Waals surface area contributed by atoms with Gasteiger partial charge in [-0.3, -0.25) is 0 Å². The minimum Gasteiger partial charge on any atom is -0.465 e. The lowest BCUT2D eigenvalue weighted by atomic mass is 9.93. The number of methoxy groups -OCH3 is 1. The first-order chi connectivity index (χ1) is 8.29. The van der Waals surface area contributed by atoms with E-state index >= 15 is 0 Å². The van der Waals surface area contributed by atoms with E-state index in [0.717, 1.165) is 11.0 Å². The summed E-state index contributed by atoms with van der Waals surface area (Å²) in [4.78, 5) is 15.8. The standard InChI is InChI=1S/C13H14N2O2/c1-17-13(16)10-7-9-5-6-15(11-3-2-4-11)12(9)14-8-10/h5-8,11H,2-4H2,1H3. The third-order valence-electron chi connectivity index (χ3n) is 3.44. The van der Waals surface area contributed by atoms with Gasteiger partial charge in [0.15, 0.2) is 0 Å². The van der Waals surface area contributed by atoms with Gasteiger partial charge in [0.1, 0.15) is 5.65 Å². The number of hydrogen-bond donors (Lipinski definition) is 0. The predicted octanol–water partition coefficient (Wildman–Crippen LogP) is 2.55. The number of carbonyl (C=O) groups excluding carboxylic acids is 1. The van der Waals surface area contributed by atoms with Crippen molar-refractivity contribution in [3.63, 3.8) is 0 Å². The first-order valence-electron chi connectivity index (χ1n) is 5.84. The van der Waals surface area contributed by atoms with E-state index in [1.54, 1.807) is 6.20 Å². The van der Waals surface area contributed by atoms with E-state index in [-0.39, 0.29) is 5.97 Å². The molecule has 1 saturated carbocycles. The number of fused-ring (bicyclic) bond motifs is 1. The van der Waals surface area contributed by atoms with Crippen LogP contribution in [-0.2, 0) is 4.74 Å². The lowest BCUT2D eigenvalue weighted by Gasteiger charge is -2.27. The summed E-state index contributed by atoms with van der Waals surface area (Å²) in [5.74, 6) is -0.337. The van der Waals surface area contributed by atoms with Crippen LogP contribution in [0.15, 0.2) is 24.5 Å². The summed E-state index contributed by atoms with van der Waals surface area (Å²) >= 11 is 0. The minimum absolute atomic E-state index is 0.337. The van der Waals surface area contributed by atoms with Crippen LogP contribution in [0, 0.1) is 0 Å². The van der Waals surface area contributed by atoms with E-state index in [0.29, 0.717) is 11.6 Å². The first kappa shape index (κ1) is 10.3. The van der Waals surface area contributed by atoms with Crippen LogP contribution >= 0.6 is 0 Å². The molecule has 88 valence electrons. The molecule has 0 saturated heterocycles. The van der Waals surface area contributed by atoms with Crippen LogP contribution in [0.1, 0.15) is 35.7 Å². The molecule has 0 radical (unpaired) electrons. The van der Waals surface area contributed by atoms with Gasteiger partial charge in [-0.2, -0.15) is 0 Å². The Morgan fingerprint density at radius 3 is 3.00 bits per heavy atom. The highest BCUT2D eigenvalue weighted by molar-refractivity contribution is 5.93. The SMILES string of the molecule is COC(=O)c1cnc2c(ccn2C2CCC2)c1. The second-order valence-electron chi connectivity index (χ2n) is 4.44. The van der Waals surface area contributed by atoms with Gasteiger partial charge in [-0.15, -0.1) is 0 Å². The average molecular weight is 230 g/mol. The Kier molecular flexibility index (Phi) is 2.35. The molecular weight excluding hydrogens is 216 g/mol. The maximum absolute atomic E-state index is 11.4. The highest BCUT2D eigenvalue weighted by atomic mass is 16.5. The fourth-order valence-electron chi connectivity index (χ4n) is 2.23. The van der Waals surface area contributed by atoms with E-state index in [9.17, 15) is 4.79 Å². The summed E-state index contributed by atoms with van der Waals surface area (Å²) in [7, 11) is 1.38. The number of ether oxygens (including phenoxy) is 1. The van der Waals surface area contributed by atoms with Gasteiger partial charge in [0.25, 0.3) is 0 Å². The number of rotatable bonds is 2. The quantitative estimate of drug-likeness (QED) is 0.745. The van der Waals surface area contributed by atoms with Crippen LogP contribution in [0.25, 0.3) is 11.0 Å². The Morgan fingerprint density at radius 2 is 2.35 bits per heavy atom. The zero-order valence-corrected chi connectivity index (χ0v) is 9.72. The zero-order valence-electron chi connectivity index (χ0n) is 9.72. The van der Waals surface area contributed by atoms with Gasteiger partial charge in [0.2, 0.25) is 0 Å². The molecule has 0 bridgehead atoms. The van der Waals surface area contributed by atoms with Crippen molar-refractivity contribution in [1.29, 1.82) is 0 Å². The van der Waals surface area contributed by atoms with Crippen molar-refractivity contribution in [2.24, 2.45) is 0 Å². The van der Waals surface area contributed by atoms with Crippen LogP contribution in [0.3, 0.4) is 0 Å². The highest BCUT2D eigenvalue weighted by Crippen LogP contribution is 2.34. The van der Waals surface area contributed by atoms with Crippen LogP contribution in [0.2, 0.25) is 0 Å². The summed E-state index contributed by atoms with van der Waals surface area (Å²) in [6, 6.07) is 4.43. The summed E-state index contributed by atoms with van der Waals surface area (Å²) in [5.41, 5.74) is 1.47. The molecule has 2 heterocycles. The van der Waals surface area contributed by atoms with Crippen molar-refractivity contribution >= 4 is 17.0 Å². The van der Waals surface area contributed by atoms with E-state index < -0.39 is 0 Å². The first-order valence-corrected chi connectivity index (χ1v) is 5.84. The minimum atomic E-state index is -0.337. The second kappa shape index (κ2) is 3.87. The lowest BCUT2D eigenvalue weighted by Crippen LogP contribution is -2.16. The van der Waals surface area contributed by atoms with Crippen LogP contribution in [0.4, 0.5) is 0 Å². The normalized spacial score (nSPS) is 15.8. The van der Waals surface area contributed by atoms with Crippen molar-refractivity contribution < 1.29 is 9.53 Å². The van der Waals surface area contributed by atoms with Gasteiger partial charge in [-0.25, -0.2) is 9.78 Å². The van der Waals surface area contributed by atoms with Gasteiger partial charge in [-0.1, -0.05) is 0 Å². The largest absolute Gasteiger partial charge is 0.465 e. The van der Waals surface area contributed by atoms with Crippen molar-refractivity contribution in [1.82, 2.24) is 9.55 Å². The molecule has 0 spiro atoms. The molecule has 0 N–H and O–H groups in total. The average Bonchev–Trinajstić information content (AvgIpc) is 2.69. The highest BCUT2D eigenvalue weighted by Gasteiger charge is 2.21. The fraction of sp³-hybridized carbons (Fsp3) is 0.385. The maximum atomic E-state index is 11.4. The summed E-state index contributed by atoms with van der Waals surface area (Å²) in [6.45, 7) is 0. The number of aromatic nitrogens is 2. The smallest absolute Gasteiger partial charge is 0.339 e. The van der Waals surface area contributed by atoms with E-state index in [4.69, 9.17) is 0 Å². The third kappa shape index (κ3) is 1.60. The number of esters is 1. The molecule has 2 aromatic rings. The summed E-state index contributed by atoms with van der Waals surface area (Å²) in [5, 5.41) is 1.000. The summed E-state index contributed by atoms with van der Waals surface area (Å²) < 4.78 is 6.89. The molecule has 1 fully saturated rings. The topological polar surface area (TPSA) is 44.1 Å². The molecule has 1 aliphatic carbocycles. The number of carbonyl (C=O) groups is 1. The molecule has 4 heteroatoms. The van der Waals surface area contributed by atoms with Gasteiger partial charge in [0.05, 0.1) is 12.7 Å². The Hall–Kier alpha value is -1.84. The third-order valence-corrected chi connectivity index (χ3v) is 3.44. The number of pyridine rings is 1. The molecule has 0 amide bonds. The molecule has 0 unspecified atom stereocenters.